The third-order valence-electron chi connectivity index (χ3n) is 7.04. The van der Waals surface area contributed by atoms with Gasteiger partial charge in [-0.1, -0.05) is 12.1 Å². The van der Waals surface area contributed by atoms with Crippen LogP contribution in [0.4, 0.5) is 11.4 Å². The van der Waals surface area contributed by atoms with Gasteiger partial charge in [-0.15, -0.1) is 4.40 Å². The molecule has 180 valence electrons. The quantitative estimate of drug-likeness (QED) is 0.725. The minimum atomic E-state index is -3.67. The van der Waals surface area contributed by atoms with Crippen molar-refractivity contribution in [3.63, 3.8) is 0 Å². The number of carbonyl (C=O) groups excluding carboxylic acids is 1. The number of hydrogen-bond acceptors (Lipinski definition) is 6. The third kappa shape index (κ3) is 4.42. The summed E-state index contributed by atoms with van der Waals surface area (Å²) < 4.78 is 29.0. The Morgan fingerprint density at radius 3 is 2.56 bits per heavy atom. The van der Waals surface area contributed by atoms with Gasteiger partial charge in [0, 0.05) is 56.2 Å². The van der Waals surface area contributed by atoms with E-state index in [1.54, 1.807) is 18.2 Å². The summed E-state index contributed by atoms with van der Waals surface area (Å²) in [6, 6.07) is 13.1. The van der Waals surface area contributed by atoms with Crippen LogP contribution in [0.2, 0.25) is 0 Å². The maximum absolute atomic E-state index is 13.2. The van der Waals surface area contributed by atoms with Crippen LogP contribution in [0.25, 0.3) is 0 Å². The predicted molar refractivity (Wildman–Crippen MR) is 134 cm³/mol. The van der Waals surface area contributed by atoms with E-state index in [-0.39, 0.29) is 16.7 Å². The second kappa shape index (κ2) is 9.03. The molecule has 2 aromatic rings. The van der Waals surface area contributed by atoms with Crippen LogP contribution in [0.1, 0.15) is 24.0 Å². The number of piperazine rings is 1. The first-order chi connectivity index (χ1) is 16.3. The Morgan fingerprint density at radius 2 is 1.79 bits per heavy atom. The summed E-state index contributed by atoms with van der Waals surface area (Å²) in [5, 5.41) is 3.11. The van der Waals surface area contributed by atoms with E-state index in [1.807, 2.05) is 24.0 Å². The van der Waals surface area contributed by atoms with Gasteiger partial charge in [0.1, 0.15) is 4.90 Å². The molecule has 1 atom stereocenters. The average molecular weight is 482 g/mol. The van der Waals surface area contributed by atoms with Crippen LogP contribution >= 0.6 is 0 Å². The number of likely N-dealkylation sites (tertiary alicyclic amines) is 1. The number of amidine groups is 1. The van der Waals surface area contributed by atoms with Crippen LogP contribution in [0, 0.1) is 12.8 Å². The lowest BCUT2D eigenvalue weighted by Gasteiger charge is -2.34. The SMILES string of the molecule is Cc1cc(N2CCN(C)CC2)ccc1NC(=O)C1CCCN(C2=NS(=O)(=O)c3ccccc32)C1. The molecular weight excluding hydrogens is 450 g/mol. The number of amides is 1. The van der Waals surface area contributed by atoms with Gasteiger partial charge in [-0.05, 0) is 62.7 Å². The molecule has 0 bridgehead atoms. The summed E-state index contributed by atoms with van der Waals surface area (Å²) in [7, 11) is -1.53. The summed E-state index contributed by atoms with van der Waals surface area (Å²) >= 11 is 0. The zero-order valence-electron chi connectivity index (χ0n) is 19.7. The largest absolute Gasteiger partial charge is 0.369 e. The summed E-state index contributed by atoms with van der Waals surface area (Å²) in [6.45, 7) is 7.26. The summed E-state index contributed by atoms with van der Waals surface area (Å²) in [6.07, 6.45) is 1.57. The lowest BCUT2D eigenvalue weighted by atomic mass is 9.96. The van der Waals surface area contributed by atoms with Crippen LogP contribution in [0.3, 0.4) is 0 Å². The highest BCUT2D eigenvalue weighted by Crippen LogP contribution is 2.30. The first-order valence-corrected chi connectivity index (χ1v) is 13.3. The number of likely N-dealkylation sites (N-methyl/N-ethyl adjacent to an activating group) is 1. The molecule has 0 radical (unpaired) electrons. The van der Waals surface area contributed by atoms with Gasteiger partial charge in [0.25, 0.3) is 10.0 Å². The van der Waals surface area contributed by atoms with E-state index in [9.17, 15) is 13.2 Å². The van der Waals surface area contributed by atoms with Crippen molar-refractivity contribution in [2.45, 2.75) is 24.7 Å². The molecule has 0 saturated carbocycles. The van der Waals surface area contributed by atoms with Gasteiger partial charge < -0.3 is 20.0 Å². The van der Waals surface area contributed by atoms with Crippen molar-refractivity contribution >= 4 is 33.1 Å². The molecule has 0 aliphatic carbocycles. The van der Waals surface area contributed by atoms with Crippen LogP contribution in [-0.2, 0) is 14.8 Å². The van der Waals surface area contributed by atoms with Crippen LogP contribution in [0.5, 0.6) is 0 Å². The predicted octanol–water partition coefficient (Wildman–Crippen LogP) is 2.55. The molecule has 3 aliphatic heterocycles. The lowest BCUT2D eigenvalue weighted by Crippen LogP contribution is -2.44. The van der Waals surface area contributed by atoms with Crippen molar-refractivity contribution in [3.8, 4) is 0 Å². The molecule has 2 fully saturated rings. The van der Waals surface area contributed by atoms with E-state index >= 15 is 0 Å². The standard InChI is InChI=1S/C25H31N5O3S/c1-18-16-20(29-14-12-28(2)13-15-29)9-10-22(18)26-25(31)19-6-5-11-30(17-19)24-21-7-3-4-8-23(21)34(32,33)27-24/h3-4,7-10,16,19H,5-6,11-15,17H2,1-2H3,(H,26,31). The maximum Gasteiger partial charge on any atom is 0.285 e. The molecule has 2 aromatic carbocycles. The molecule has 3 heterocycles. The van der Waals surface area contributed by atoms with E-state index in [0.717, 1.165) is 50.3 Å². The van der Waals surface area contributed by atoms with Gasteiger partial charge in [0.15, 0.2) is 5.84 Å². The molecule has 0 aromatic heterocycles. The fourth-order valence-electron chi connectivity index (χ4n) is 4.98. The van der Waals surface area contributed by atoms with Crippen molar-refractivity contribution in [1.82, 2.24) is 9.80 Å². The minimum absolute atomic E-state index is 0.0325. The molecule has 1 N–H and O–H groups in total. The Balaban J connectivity index is 1.27. The molecule has 8 nitrogen and oxygen atoms in total. The highest BCUT2D eigenvalue weighted by Gasteiger charge is 2.35. The molecule has 2 saturated heterocycles. The molecular formula is C25H31N5O3S. The van der Waals surface area contributed by atoms with Crippen LogP contribution < -0.4 is 10.2 Å². The van der Waals surface area contributed by atoms with Gasteiger partial charge >= 0.3 is 0 Å². The average Bonchev–Trinajstić information content (AvgIpc) is 3.12. The smallest absolute Gasteiger partial charge is 0.285 e. The highest BCUT2D eigenvalue weighted by molar-refractivity contribution is 7.90. The fraction of sp³-hybridized carbons (Fsp3) is 0.440. The number of anilines is 2. The summed E-state index contributed by atoms with van der Waals surface area (Å²) in [5.41, 5.74) is 3.68. The number of nitrogens with zero attached hydrogens (tertiary/aromatic N) is 4. The zero-order chi connectivity index (χ0) is 23.9. The Morgan fingerprint density at radius 1 is 1.03 bits per heavy atom. The van der Waals surface area contributed by atoms with Crippen molar-refractivity contribution in [1.29, 1.82) is 0 Å². The molecule has 1 amide bonds. The van der Waals surface area contributed by atoms with E-state index in [0.29, 0.717) is 24.5 Å². The number of hydrogen-bond donors (Lipinski definition) is 1. The molecule has 34 heavy (non-hydrogen) atoms. The number of benzene rings is 2. The summed E-state index contributed by atoms with van der Waals surface area (Å²) in [5.74, 6) is 0.194. The van der Waals surface area contributed by atoms with Gasteiger partial charge in [0.05, 0.1) is 5.92 Å². The molecule has 0 spiro atoms. The van der Waals surface area contributed by atoms with Gasteiger partial charge in [0.2, 0.25) is 5.91 Å². The number of fused-ring (bicyclic) bond motifs is 1. The van der Waals surface area contributed by atoms with E-state index in [1.165, 1.54) is 5.69 Å². The van der Waals surface area contributed by atoms with Gasteiger partial charge in [-0.3, -0.25) is 4.79 Å². The second-order valence-electron chi connectivity index (χ2n) is 9.45. The van der Waals surface area contributed by atoms with Crippen molar-refractivity contribution < 1.29 is 13.2 Å². The Bertz CT molecular complexity index is 1230. The van der Waals surface area contributed by atoms with Crippen molar-refractivity contribution in [2.75, 3.05) is 56.5 Å². The number of nitrogens with one attached hydrogen (secondary N) is 1. The van der Waals surface area contributed by atoms with Crippen molar-refractivity contribution in [3.05, 3.63) is 53.6 Å². The number of rotatable bonds is 3. The van der Waals surface area contributed by atoms with E-state index < -0.39 is 10.0 Å². The maximum atomic E-state index is 13.2. The molecule has 9 heteroatoms. The second-order valence-corrected chi connectivity index (χ2v) is 11.0. The van der Waals surface area contributed by atoms with E-state index in [4.69, 9.17) is 0 Å². The van der Waals surface area contributed by atoms with Gasteiger partial charge in [-0.25, -0.2) is 0 Å². The monoisotopic (exact) mass is 481 g/mol. The zero-order valence-corrected chi connectivity index (χ0v) is 20.5. The molecule has 3 aliphatic rings. The number of piperidine rings is 1. The molecule has 5 rings (SSSR count). The number of sulfonamides is 1. The number of aryl methyl sites for hydroxylation is 1. The summed E-state index contributed by atoms with van der Waals surface area (Å²) in [4.78, 5) is 20.1. The third-order valence-corrected chi connectivity index (χ3v) is 8.37. The highest BCUT2D eigenvalue weighted by atomic mass is 32.2. The first kappa shape index (κ1) is 22.9. The van der Waals surface area contributed by atoms with Crippen molar-refractivity contribution in [2.24, 2.45) is 10.3 Å². The normalized spacial score (nSPS) is 22.3. The Hall–Kier alpha value is -2.91. The lowest BCUT2D eigenvalue weighted by molar-refractivity contribution is -0.121. The minimum Gasteiger partial charge on any atom is -0.369 e. The van der Waals surface area contributed by atoms with E-state index in [2.05, 4.69) is 38.7 Å². The Kier molecular flexibility index (Phi) is 6.07. The van der Waals surface area contributed by atoms with Crippen LogP contribution in [-0.4, -0.2) is 76.3 Å². The first-order valence-electron chi connectivity index (χ1n) is 11.9. The topological polar surface area (TPSA) is 85.3 Å². The van der Waals surface area contributed by atoms with Crippen LogP contribution in [0.15, 0.2) is 51.8 Å². The number of carbonyl (C=O) groups is 1. The van der Waals surface area contributed by atoms with Gasteiger partial charge in [-0.2, -0.15) is 8.42 Å². The molecule has 1 unspecified atom stereocenters. The Labute approximate surface area is 201 Å². The fourth-order valence-corrected chi connectivity index (χ4v) is 6.21.